The first kappa shape index (κ1) is 10.0. The molecule has 0 N–H and O–H groups in total. The summed E-state index contributed by atoms with van der Waals surface area (Å²) >= 11 is 0. The molecular weight excluding hydrogens is 210 g/mol. The first-order valence-corrected chi connectivity index (χ1v) is 5.57. The maximum Gasteiger partial charge on any atom is 0.115 e. The minimum atomic E-state index is 1.05. The molecule has 0 saturated carbocycles. The molecule has 0 amide bonds. The van der Waals surface area contributed by atoms with E-state index in [0.717, 1.165) is 11.1 Å². The van der Waals surface area contributed by atoms with Crippen LogP contribution >= 0.6 is 0 Å². The maximum atomic E-state index is 4.05. The van der Waals surface area contributed by atoms with Gasteiger partial charge in [-0.2, -0.15) is 0 Å². The van der Waals surface area contributed by atoms with Crippen LogP contribution in [0, 0.1) is 6.92 Å². The van der Waals surface area contributed by atoms with E-state index in [0.29, 0.717) is 0 Å². The molecule has 0 spiro atoms. The van der Waals surface area contributed by atoms with Crippen molar-refractivity contribution < 1.29 is 0 Å². The number of benzene rings is 1. The van der Waals surface area contributed by atoms with E-state index in [1.807, 2.05) is 12.4 Å². The van der Waals surface area contributed by atoms with E-state index in [2.05, 4.69) is 52.9 Å². The molecule has 0 radical (unpaired) electrons. The Balaban J connectivity index is 2.24. The number of hydrogen-bond donors (Lipinski definition) is 0. The summed E-state index contributed by atoms with van der Waals surface area (Å²) in [4.78, 5) is 8.10. The summed E-state index contributed by atoms with van der Waals surface area (Å²) in [7, 11) is 2.07. The highest BCUT2D eigenvalue weighted by atomic mass is 14.9. The number of hydrogen-bond acceptors (Lipinski definition) is 2. The van der Waals surface area contributed by atoms with E-state index in [4.69, 9.17) is 0 Å². The molecule has 2 heterocycles. The van der Waals surface area contributed by atoms with Crippen LogP contribution in [0.3, 0.4) is 0 Å². The summed E-state index contributed by atoms with van der Waals surface area (Å²) in [6, 6.07) is 6.45. The van der Waals surface area contributed by atoms with Gasteiger partial charge in [0.1, 0.15) is 6.33 Å². The average molecular weight is 223 g/mol. The summed E-state index contributed by atoms with van der Waals surface area (Å²) in [6.07, 6.45) is 7.38. The quantitative estimate of drug-likeness (QED) is 0.635. The minimum Gasteiger partial charge on any atom is -0.350 e. The number of aryl methyl sites for hydroxylation is 2. The summed E-state index contributed by atoms with van der Waals surface area (Å²) in [5.41, 5.74) is 4.76. The van der Waals surface area contributed by atoms with Crippen molar-refractivity contribution in [1.82, 2.24) is 14.5 Å². The molecule has 84 valence electrons. The largest absolute Gasteiger partial charge is 0.350 e. The molecule has 3 nitrogen and oxygen atoms in total. The Morgan fingerprint density at radius 3 is 2.59 bits per heavy atom. The topological polar surface area (TPSA) is 30.7 Å². The van der Waals surface area contributed by atoms with E-state index in [-0.39, 0.29) is 0 Å². The van der Waals surface area contributed by atoms with Crippen LogP contribution in [-0.2, 0) is 7.05 Å². The zero-order valence-corrected chi connectivity index (χ0v) is 9.88. The molecule has 0 aliphatic heterocycles. The predicted octanol–water partition coefficient (Wildman–Crippen LogP) is 2.94. The summed E-state index contributed by atoms with van der Waals surface area (Å²) in [5, 5.41) is 1.29. The van der Waals surface area contributed by atoms with Gasteiger partial charge < -0.3 is 4.57 Å². The van der Waals surface area contributed by atoms with Crippen LogP contribution in [0.25, 0.3) is 22.0 Å². The standard InChI is InChI=1S/C14H13N3/c1-10-8-17(2)14-4-3-11(5-13(10)14)12-6-15-9-16-7-12/h3-9H,1-2H3. The van der Waals surface area contributed by atoms with Crippen LogP contribution in [0.2, 0.25) is 0 Å². The first-order valence-electron chi connectivity index (χ1n) is 5.57. The SMILES string of the molecule is Cc1cn(C)c2ccc(-c3cncnc3)cc12. The maximum absolute atomic E-state index is 4.05. The molecule has 0 saturated heterocycles. The number of rotatable bonds is 1. The van der Waals surface area contributed by atoms with E-state index in [1.165, 1.54) is 16.5 Å². The fourth-order valence-corrected chi connectivity index (χ4v) is 2.22. The Bertz CT molecular complexity index is 669. The molecule has 0 bridgehead atoms. The molecule has 0 fully saturated rings. The molecule has 0 unspecified atom stereocenters. The van der Waals surface area contributed by atoms with E-state index in [9.17, 15) is 0 Å². The molecule has 0 aliphatic carbocycles. The predicted molar refractivity (Wildman–Crippen MR) is 68.7 cm³/mol. The lowest BCUT2D eigenvalue weighted by Gasteiger charge is -2.02. The zero-order chi connectivity index (χ0) is 11.8. The molecule has 1 aromatic carbocycles. The van der Waals surface area contributed by atoms with Gasteiger partial charge in [-0.1, -0.05) is 6.07 Å². The van der Waals surface area contributed by atoms with Gasteiger partial charge in [0.2, 0.25) is 0 Å². The second-order valence-corrected chi connectivity index (χ2v) is 4.28. The van der Waals surface area contributed by atoms with Gasteiger partial charge >= 0.3 is 0 Å². The molecular formula is C14H13N3. The second-order valence-electron chi connectivity index (χ2n) is 4.28. The number of fused-ring (bicyclic) bond motifs is 1. The molecule has 3 heteroatoms. The highest BCUT2D eigenvalue weighted by Gasteiger charge is 2.05. The Kier molecular flexibility index (Phi) is 2.18. The normalized spacial score (nSPS) is 10.9. The second kappa shape index (κ2) is 3.70. The van der Waals surface area contributed by atoms with Crippen molar-refractivity contribution in [3.05, 3.63) is 48.7 Å². The lowest BCUT2D eigenvalue weighted by Crippen LogP contribution is -1.85. The Morgan fingerprint density at radius 1 is 1.06 bits per heavy atom. The van der Waals surface area contributed by atoms with Gasteiger partial charge in [0.15, 0.2) is 0 Å². The fourth-order valence-electron chi connectivity index (χ4n) is 2.22. The Morgan fingerprint density at radius 2 is 1.82 bits per heavy atom. The van der Waals surface area contributed by atoms with Gasteiger partial charge in [-0.15, -0.1) is 0 Å². The van der Waals surface area contributed by atoms with Crippen molar-refractivity contribution in [2.24, 2.45) is 7.05 Å². The molecule has 17 heavy (non-hydrogen) atoms. The van der Waals surface area contributed by atoms with Crippen molar-refractivity contribution in [2.75, 3.05) is 0 Å². The number of nitrogens with zero attached hydrogens (tertiary/aromatic N) is 3. The molecule has 2 aromatic heterocycles. The van der Waals surface area contributed by atoms with Gasteiger partial charge in [-0.05, 0) is 30.2 Å². The van der Waals surface area contributed by atoms with Crippen molar-refractivity contribution in [2.45, 2.75) is 6.92 Å². The van der Waals surface area contributed by atoms with E-state index in [1.54, 1.807) is 6.33 Å². The van der Waals surface area contributed by atoms with E-state index >= 15 is 0 Å². The molecule has 3 aromatic rings. The zero-order valence-electron chi connectivity index (χ0n) is 9.88. The van der Waals surface area contributed by atoms with Gasteiger partial charge in [-0.25, -0.2) is 9.97 Å². The Hall–Kier alpha value is -2.16. The van der Waals surface area contributed by atoms with Crippen LogP contribution < -0.4 is 0 Å². The van der Waals surface area contributed by atoms with E-state index < -0.39 is 0 Å². The highest BCUT2D eigenvalue weighted by molar-refractivity contribution is 5.88. The fraction of sp³-hybridized carbons (Fsp3) is 0.143. The van der Waals surface area contributed by atoms with Gasteiger partial charge in [0.05, 0.1) is 0 Å². The van der Waals surface area contributed by atoms with Crippen LogP contribution in [0.15, 0.2) is 43.1 Å². The van der Waals surface area contributed by atoms with Crippen LogP contribution in [0.5, 0.6) is 0 Å². The minimum absolute atomic E-state index is 1.05. The van der Waals surface area contributed by atoms with Gasteiger partial charge in [-0.3, -0.25) is 0 Å². The summed E-state index contributed by atoms with van der Waals surface area (Å²) < 4.78 is 2.15. The van der Waals surface area contributed by atoms with Crippen LogP contribution in [-0.4, -0.2) is 14.5 Å². The molecule has 0 atom stereocenters. The average Bonchev–Trinajstić information content (AvgIpc) is 2.66. The van der Waals surface area contributed by atoms with Crippen molar-refractivity contribution in [1.29, 1.82) is 0 Å². The van der Waals surface area contributed by atoms with Crippen molar-refractivity contribution in [3.8, 4) is 11.1 Å². The van der Waals surface area contributed by atoms with Gasteiger partial charge in [0.25, 0.3) is 0 Å². The van der Waals surface area contributed by atoms with Crippen LogP contribution in [0.4, 0.5) is 0 Å². The third-order valence-electron chi connectivity index (χ3n) is 3.08. The third kappa shape index (κ3) is 1.60. The molecule has 0 aliphatic rings. The number of aromatic nitrogens is 3. The Labute approximate surface area is 99.8 Å². The van der Waals surface area contributed by atoms with Gasteiger partial charge in [0, 0.05) is 42.1 Å². The smallest absolute Gasteiger partial charge is 0.115 e. The lowest BCUT2D eigenvalue weighted by atomic mass is 10.1. The summed E-state index contributed by atoms with van der Waals surface area (Å²) in [5.74, 6) is 0. The third-order valence-corrected chi connectivity index (χ3v) is 3.08. The van der Waals surface area contributed by atoms with Crippen molar-refractivity contribution >= 4 is 10.9 Å². The van der Waals surface area contributed by atoms with Crippen molar-refractivity contribution in [3.63, 3.8) is 0 Å². The molecule has 3 rings (SSSR count). The van der Waals surface area contributed by atoms with Crippen LogP contribution in [0.1, 0.15) is 5.56 Å². The lowest BCUT2D eigenvalue weighted by molar-refractivity contribution is 0.964. The highest BCUT2D eigenvalue weighted by Crippen LogP contribution is 2.26. The first-order chi connectivity index (χ1) is 8.25. The summed E-state index contributed by atoms with van der Waals surface area (Å²) in [6.45, 7) is 2.13. The monoisotopic (exact) mass is 223 g/mol.